The largest absolute Gasteiger partial charge is 0.395 e. The minimum Gasteiger partial charge on any atom is -0.395 e. The molecule has 0 radical (unpaired) electrons. The summed E-state index contributed by atoms with van der Waals surface area (Å²) in [7, 11) is 0. The SMILES string of the molecule is CC(=O)c1c(C)[nH]c(C(=O)N(CCO)Cc2cccnc2)c1C. The Morgan fingerprint density at radius 2 is 2.09 bits per heavy atom. The molecule has 2 aromatic heterocycles. The first-order chi connectivity index (χ1) is 11.0. The number of hydrogen-bond donors (Lipinski definition) is 2. The summed E-state index contributed by atoms with van der Waals surface area (Å²) in [6, 6.07) is 3.67. The predicted octanol–water partition coefficient (Wildman–Crippen LogP) is 1.86. The monoisotopic (exact) mass is 315 g/mol. The molecule has 0 saturated heterocycles. The number of aromatic nitrogens is 2. The second-order valence-electron chi connectivity index (χ2n) is 5.49. The Morgan fingerprint density at radius 3 is 2.61 bits per heavy atom. The average molecular weight is 315 g/mol. The number of nitrogens with one attached hydrogen (secondary N) is 1. The molecule has 0 unspecified atom stereocenters. The molecule has 0 fully saturated rings. The number of hydrogen-bond acceptors (Lipinski definition) is 4. The lowest BCUT2D eigenvalue weighted by molar-refractivity contribution is 0.0701. The lowest BCUT2D eigenvalue weighted by atomic mass is 10.1. The van der Waals surface area contributed by atoms with Crippen molar-refractivity contribution in [2.75, 3.05) is 13.2 Å². The maximum absolute atomic E-state index is 12.8. The molecule has 2 heterocycles. The molecule has 0 spiro atoms. The van der Waals surface area contributed by atoms with Crippen molar-refractivity contribution in [3.63, 3.8) is 0 Å². The van der Waals surface area contributed by atoms with Gasteiger partial charge in [-0.15, -0.1) is 0 Å². The summed E-state index contributed by atoms with van der Waals surface area (Å²) < 4.78 is 0. The molecule has 1 amide bonds. The van der Waals surface area contributed by atoms with Gasteiger partial charge in [0.2, 0.25) is 0 Å². The van der Waals surface area contributed by atoms with E-state index in [-0.39, 0.29) is 24.8 Å². The van der Waals surface area contributed by atoms with Gasteiger partial charge in [0.05, 0.1) is 6.61 Å². The quantitative estimate of drug-likeness (QED) is 0.797. The number of carbonyl (C=O) groups excluding carboxylic acids is 2. The van der Waals surface area contributed by atoms with Gasteiger partial charge < -0.3 is 15.0 Å². The van der Waals surface area contributed by atoms with E-state index < -0.39 is 0 Å². The third-order valence-corrected chi connectivity index (χ3v) is 3.76. The van der Waals surface area contributed by atoms with E-state index in [1.165, 1.54) is 6.92 Å². The van der Waals surface area contributed by atoms with Crippen molar-refractivity contribution >= 4 is 11.7 Å². The summed E-state index contributed by atoms with van der Waals surface area (Å²) >= 11 is 0. The second kappa shape index (κ2) is 7.19. The first-order valence-corrected chi connectivity index (χ1v) is 7.44. The van der Waals surface area contributed by atoms with Crippen LogP contribution in [0.25, 0.3) is 0 Å². The zero-order chi connectivity index (χ0) is 17.0. The van der Waals surface area contributed by atoms with Crippen LogP contribution in [-0.4, -0.2) is 44.8 Å². The molecule has 6 heteroatoms. The Hall–Kier alpha value is -2.47. The number of nitrogens with zero attached hydrogens (tertiary/aromatic N) is 2. The molecule has 2 aromatic rings. The van der Waals surface area contributed by atoms with Crippen LogP contribution in [0, 0.1) is 13.8 Å². The summed E-state index contributed by atoms with van der Waals surface area (Å²) in [6.45, 7) is 5.44. The van der Waals surface area contributed by atoms with Crippen molar-refractivity contribution in [2.24, 2.45) is 0 Å². The number of aryl methyl sites for hydroxylation is 1. The van der Waals surface area contributed by atoms with Gasteiger partial charge >= 0.3 is 0 Å². The molecule has 23 heavy (non-hydrogen) atoms. The Morgan fingerprint density at radius 1 is 1.35 bits per heavy atom. The molecule has 0 aromatic carbocycles. The number of aliphatic hydroxyl groups excluding tert-OH is 1. The van der Waals surface area contributed by atoms with Crippen molar-refractivity contribution in [1.29, 1.82) is 0 Å². The van der Waals surface area contributed by atoms with Crippen LogP contribution >= 0.6 is 0 Å². The van der Waals surface area contributed by atoms with E-state index in [0.29, 0.717) is 29.1 Å². The summed E-state index contributed by atoms with van der Waals surface area (Å²) in [4.78, 5) is 33.1. The number of ketones is 1. The van der Waals surface area contributed by atoms with E-state index in [0.717, 1.165) is 5.56 Å². The van der Waals surface area contributed by atoms with Gasteiger partial charge in [0.1, 0.15) is 5.69 Å². The van der Waals surface area contributed by atoms with Crippen molar-refractivity contribution in [2.45, 2.75) is 27.3 Å². The maximum Gasteiger partial charge on any atom is 0.270 e. The highest BCUT2D eigenvalue weighted by molar-refractivity contribution is 6.02. The fourth-order valence-corrected chi connectivity index (χ4v) is 2.74. The van der Waals surface area contributed by atoms with E-state index >= 15 is 0 Å². The second-order valence-corrected chi connectivity index (χ2v) is 5.49. The van der Waals surface area contributed by atoms with Crippen LogP contribution in [0.5, 0.6) is 0 Å². The van der Waals surface area contributed by atoms with Gasteiger partial charge in [-0.1, -0.05) is 6.07 Å². The van der Waals surface area contributed by atoms with Gasteiger partial charge in [0.25, 0.3) is 5.91 Å². The van der Waals surface area contributed by atoms with Crippen LogP contribution < -0.4 is 0 Å². The smallest absolute Gasteiger partial charge is 0.270 e. The van der Waals surface area contributed by atoms with Crippen molar-refractivity contribution in [1.82, 2.24) is 14.9 Å². The highest BCUT2D eigenvalue weighted by Gasteiger charge is 2.23. The van der Waals surface area contributed by atoms with E-state index in [9.17, 15) is 14.7 Å². The summed E-state index contributed by atoms with van der Waals surface area (Å²) in [6.07, 6.45) is 3.35. The first-order valence-electron chi connectivity index (χ1n) is 7.44. The third kappa shape index (κ3) is 3.65. The molecule has 2 rings (SSSR count). The average Bonchev–Trinajstić information content (AvgIpc) is 2.82. The lowest BCUT2D eigenvalue weighted by Crippen LogP contribution is -2.33. The Labute approximate surface area is 135 Å². The molecule has 0 bridgehead atoms. The molecular formula is C17H21N3O3. The van der Waals surface area contributed by atoms with Gasteiger partial charge in [-0.3, -0.25) is 14.6 Å². The fraction of sp³-hybridized carbons (Fsp3) is 0.353. The van der Waals surface area contributed by atoms with Gasteiger partial charge in [0, 0.05) is 36.7 Å². The highest BCUT2D eigenvalue weighted by Crippen LogP contribution is 2.20. The number of H-pyrrole nitrogens is 1. The molecule has 0 saturated carbocycles. The predicted molar refractivity (Wildman–Crippen MR) is 86.3 cm³/mol. The number of aromatic amines is 1. The summed E-state index contributed by atoms with van der Waals surface area (Å²) in [5, 5.41) is 9.25. The fourth-order valence-electron chi connectivity index (χ4n) is 2.74. The van der Waals surface area contributed by atoms with Gasteiger partial charge in [-0.05, 0) is 38.0 Å². The number of Topliss-reactive ketones (excluding diaryl/α,β-unsaturated/α-hetero) is 1. The van der Waals surface area contributed by atoms with Crippen LogP contribution in [0.3, 0.4) is 0 Å². The van der Waals surface area contributed by atoms with Gasteiger partial charge in [-0.2, -0.15) is 0 Å². The van der Waals surface area contributed by atoms with E-state index in [1.54, 1.807) is 37.2 Å². The molecule has 0 atom stereocenters. The standard InChI is InChI=1S/C17H21N3O3/c1-11-15(13(3)22)12(2)19-16(11)17(23)20(7-8-21)10-14-5-4-6-18-9-14/h4-6,9,19,21H,7-8,10H2,1-3H3. The summed E-state index contributed by atoms with van der Waals surface area (Å²) in [5.74, 6) is -0.313. The topological polar surface area (TPSA) is 86.3 Å². The van der Waals surface area contributed by atoms with Crippen LogP contribution in [0.2, 0.25) is 0 Å². The van der Waals surface area contributed by atoms with E-state index in [1.807, 2.05) is 6.07 Å². The zero-order valence-electron chi connectivity index (χ0n) is 13.6. The maximum atomic E-state index is 12.8. The Kier molecular flexibility index (Phi) is 5.28. The minimum absolute atomic E-state index is 0.0729. The van der Waals surface area contributed by atoms with Crippen LogP contribution in [0.4, 0.5) is 0 Å². The third-order valence-electron chi connectivity index (χ3n) is 3.76. The molecule has 2 N–H and O–H groups in total. The first kappa shape index (κ1) is 16.9. The highest BCUT2D eigenvalue weighted by atomic mass is 16.3. The molecule has 122 valence electrons. The number of carbonyl (C=O) groups is 2. The molecule has 0 aliphatic rings. The van der Waals surface area contributed by atoms with Crippen molar-refractivity contribution in [3.05, 3.63) is 52.6 Å². The van der Waals surface area contributed by atoms with Crippen LogP contribution in [0.15, 0.2) is 24.5 Å². The normalized spacial score (nSPS) is 10.6. The Bertz CT molecular complexity index is 707. The van der Waals surface area contributed by atoms with Crippen molar-refractivity contribution < 1.29 is 14.7 Å². The van der Waals surface area contributed by atoms with E-state index in [4.69, 9.17) is 0 Å². The molecular weight excluding hydrogens is 294 g/mol. The number of rotatable bonds is 6. The number of pyridine rings is 1. The minimum atomic E-state index is -0.240. The Balaban J connectivity index is 2.31. The molecule has 0 aliphatic heterocycles. The molecule has 6 nitrogen and oxygen atoms in total. The van der Waals surface area contributed by atoms with Crippen LogP contribution in [0.1, 0.15) is 44.6 Å². The van der Waals surface area contributed by atoms with Gasteiger partial charge in [-0.25, -0.2) is 0 Å². The summed E-state index contributed by atoms with van der Waals surface area (Å²) in [5.41, 5.74) is 3.16. The number of aliphatic hydroxyl groups is 1. The van der Waals surface area contributed by atoms with Crippen molar-refractivity contribution in [3.8, 4) is 0 Å². The number of amides is 1. The zero-order valence-corrected chi connectivity index (χ0v) is 13.6. The lowest BCUT2D eigenvalue weighted by Gasteiger charge is -2.21. The van der Waals surface area contributed by atoms with Crippen LogP contribution in [-0.2, 0) is 6.54 Å². The molecule has 0 aliphatic carbocycles. The van der Waals surface area contributed by atoms with E-state index in [2.05, 4.69) is 9.97 Å². The van der Waals surface area contributed by atoms with Gasteiger partial charge in [0.15, 0.2) is 5.78 Å².